The van der Waals surface area contributed by atoms with Gasteiger partial charge in [0.15, 0.2) is 0 Å². The lowest BCUT2D eigenvalue weighted by atomic mass is 10.1. The first-order chi connectivity index (χ1) is 10.5. The molecule has 122 valence electrons. The fourth-order valence-electron chi connectivity index (χ4n) is 3.27. The average Bonchev–Trinajstić information content (AvgIpc) is 3.04. The minimum absolute atomic E-state index is 0.0769. The van der Waals surface area contributed by atoms with Gasteiger partial charge < -0.3 is 10.5 Å². The van der Waals surface area contributed by atoms with E-state index in [1.165, 1.54) is 0 Å². The van der Waals surface area contributed by atoms with E-state index in [-0.39, 0.29) is 28.8 Å². The predicted octanol–water partition coefficient (Wildman–Crippen LogP) is 2.29. The van der Waals surface area contributed by atoms with Crippen molar-refractivity contribution in [1.82, 2.24) is 0 Å². The lowest BCUT2D eigenvalue weighted by molar-refractivity contribution is -0.141. The number of fused-ring (bicyclic) bond motifs is 2. The molecular formula is C14H18F2N2O2S2. The van der Waals surface area contributed by atoms with Gasteiger partial charge in [-0.15, -0.1) is 23.5 Å². The standard InChI is InChI=1S/C14H18F2N2O2S2/c1-2-20-9(19)6-18-12-10(11(17)13(15)16)7-5-8(7)14(12)21-3-4-22-14/h7-8,13H,2-6,17H2,1H3/b11-10-,18-12?. The molecule has 8 heteroatoms. The Morgan fingerprint density at radius 3 is 2.77 bits per heavy atom. The van der Waals surface area contributed by atoms with E-state index < -0.39 is 12.4 Å². The van der Waals surface area contributed by atoms with Crippen molar-refractivity contribution in [3.63, 3.8) is 0 Å². The fraction of sp³-hybridized carbons (Fsp3) is 0.714. The number of carbonyl (C=O) groups excluding carboxylic acids is 1. The molecule has 22 heavy (non-hydrogen) atoms. The maximum absolute atomic E-state index is 13.1. The summed E-state index contributed by atoms with van der Waals surface area (Å²) in [7, 11) is 0. The molecule has 3 aliphatic rings. The molecule has 3 rings (SSSR count). The van der Waals surface area contributed by atoms with Crippen molar-refractivity contribution >= 4 is 35.2 Å². The van der Waals surface area contributed by atoms with Crippen LogP contribution in [0, 0.1) is 11.8 Å². The number of carbonyl (C=O) groups is 1. The van der Waals surface area contributed by atoms with Crippen molar-refractivity contribution < 1.29 is 18.3 Å². The molecule has 0 radical (unpaired) electrons. The Labute approximate surface area is 136 Å². The molecule has 0 aromatic carbocycles. The van der Waals surface area contributed by atoms with Gasteiger partial charge in [-0.3, -0.25) is 9.79 Å². The highest BCUT2D eigenvalue weighted by molar-refractivity contribution is 8.22. The van der Waals surface area contributed by atoms with E-state index in [1.54, 1.807) is 30.4 Å². The van der Waals surface area contributed by atoms with Crippen molar-refractivity contribution in [1.29, 1.82) is 0 Å². The Kier molecular flexibility index (Phi) is 4.42. The van der Waals surface area contributed by atoms with E-state index in [2.05, 4.69) is 4.99 Å². The number of hydrogen-bond acceptors (Lipinski definition) is 6. The molecule has 2 unspecified atom stereocenters. The number of nitrogens with two attached hydrogens (primary N) is 1. The van der Waals surface area contributed by atoms with Crippen molar-refractivity contribution in [3.05, 3.63) is 11.3 Å². The molecule has 4 nitrogen and oxygen atoms in total. The second kappa shape index (κ2) is 6.03. The summed E-state index contributed by atoms with van der Waals surface area (Å²) in [6.07, 6.45) is -1.79. The number of esters is 1. The molecule has 0 bridgehead atoms. The fourth-order valence-corrected chi connectivity index (χ4v) is 6.94. The number of hydrogen-bond donors (Lipinski definition) is 1. The van der Waals surface area contributed by atoms with Crippen LogP contribution in [-0.4, -0.2) is 46.8 Å². The monoisotopic (exact) mass is 348 g/mol. The minimum Gasteiger partial charge on any atom is -0.465 e. The molecule has 0 aromatic rings. The zero-order valence-corrected chi connectivity index (χ0v) is 13.8. The second-order valence-electron chi connectivity index (χ2n) is 5.45. The highest BCUT2D eigenvalue weighted by atomic mass is 32.2. The number of aliphatic imine (C=N–C) groups is 1. The highest BCUT2D eigenvalue weighted by Crippen LogP contribution is 2.70. The number of ether oxygens (including phenoxy) is 1. The van der Waals surface area contributed by atoms with Crippen LogP contribution in [0.15, 0.2) is 16.3 Å². The van der Waals surface area contributed by atoms with E-state index in [9.17, 15) is 13.6 Å². The number of nitrogens with zero attached hydrogens (tertiary/aromatic N) is 1. The molecule has 1 aliphatic heterocycles. The first kappa shape index (κ1) is 16.1. The third-order valence-corrected chi connectivity index (χ3v) is 7.80. The van der Waals surface area contributed by atoms with Crippen LogP contribution in [0.4, 0.5) is 8.78 Å². The Morgan fingerprint density at radius 2 is 2.18 bits per heavy atom. The second-order valence-corrected chi connectivity index (χ2v) is 8.39. The number of thioether (sulfide) groups is 2. The molecule has 1 saturated heterocycles. The summed E-state index contributed by atoms with van der Waals surface area (Å²) in [5, 5.41) is 0. The maximum Gasteiger partial charge on any atom is 0.327 e. The molecule has 0 aromatic heterocycles. The SMILES string of the molecule is CCOC(=O)CN=C1/C(=C(\N)C(F)F)C2CC2C12SCCS2. The van der Waals surface area contributed by atoms with E-state index >= 15 is 0 Å². The molecule has 0 amide bonds. The van der Waals surface area contributed by atoms with Gasteiger partial charge in [0.1, 0.15) is 10.6 Å². The van der Waals surface area contributed by atoms with Gasteiger partial charge >= 0.3 is 5.97 Å². The third kappa shape index (κ3) is 2.54. The van der Waals surface area contributed by atoms with Crippen LogP contribution < -0.4 is 5.73 Å². The van der Waals surface area contributed by atoms with Gasteiger partial charge in [0.2, 0.25) is 0 Å². The van der Waals surface area contributed by atoms with Crippen molar-refractivity contribution in [2.75, 3.05) is 24.7 Å². The first-order valence-electron chi connectivity index (χ1n) is 7.27. The molecule has 2 atom stereocenters. The summed E-state index contributed by atoms with van der Waals surface area (Å²) in [4.78, 5) is 15.9. The Hall–Kier alpha value is -0.760. The number of halogens is 2. The summed E-state index contributed by atoms with van der Waals surface area (Å²) < 4.78 is 30.8. The van der Waals surface area contributed by atoms with Crippen molar-refractivity contribution in [2.24, 2.45) is 22.6 Å². The van der Waals surface area contributed by atoms with Crippen molar-refractivity contribution in [3.8, 4) is 0 Å². The lowest BCUT2D eigenvalue weighted by Gasteiger charge is -2.26. The Balaban J connectivity index is 1.95. The topological polar surface area (TPSA) is 64.7 Å². The summed E-state index contributed by atoms with van der Waals surface area (Å²) in [6.45, 7) is 1.87. The number of allylic oxidation sites excluding steroid dienone is 2. The number of rotatable bonds is 4. The summed E-state index contributed by atoms with van der Waals surface area (Å²) >= 11 is 3.51. The predicted molar refractivity (Wildman–Crippen MR) is 85.4 cm³/mol. The van der Waals surface area contributed by atoms with Crippen LogP contribution in [0.2, 0.25) is 0 Å². The van der Waals surface area contributed by atoms with Crippen molar-refractivity contribution in [2.45, 2.75) is 23.8 Å². The largest absolute Gasteiger partial charge is 0.465 e. The summed E-state index contributed by atoms with van der Waals surface area (Å²) in [5.74, 6) is 1.89. The molecule has 1 spiro atoms. The Morgan fingerprint density at radius 1 is 1.50 bits per heavy atom. The normalized spacial score (nSPS) is 32.6. The van der Waals surface area contributed by atoms with Gasteiger partial charge in [0.25, 0.3) is 6.43 Å². The minimum atomic E-state index is -2.68. The van der Waals surface area contributed by atoms with Crippen LogP contribution >= 0.6 is 23.5 Å². The Bertz CT molecular complexity index is 545. The molecular weight excluding hydrogens is 330 g/mol. The van der Waals surface area contributed by atoms with Crippen LogP contribution in [0.1, 0.15) is 13.3 Å². The lowest BCUT2D eigenvalue weighted by Crippen LogP contribution is -2.31. The molecule has 2 saturated carbocycles. The summed E-state index contributed by atoms with van der Waals surface area (Å²) in [5.41, 5.74) is 6.38. The maximum atomic E-state index is 13.1. The van der Waals surface area contributed by atoms with Gasteiger partial charge in [0, 0.05) is 17.1 Å². The molecule has 1 heterocycles. The first-order valence-corrected chi connectivity index (χ1v) is 9.25. The van der Waals surface area contributed by atoms with Crippen LogP contribution in [-0.2, 0) is 9.53 Å². The van der Waals surface area contributed by atoms with Crippen LogP contribution in [0.3, 0.4) is 0 Å². The van der Waals surface area contributed by atoms with E-state index in [0.29, 0.717) is 17.2 Å². The van der Waals surface area contributed by atoms with Crippen LogP contribution in [0.5, 0.6) is 0 Å². The average molecular weight is 348 g/mol. The molecule has 2 N–H and O–H groups in total. The quantitative estimate of drug-likeness (QED) is 0.790. The molecule has 2 aliphatic carbocycles. The zero-order valence-electron chi connectivity index (χ0n) is 12.2. The van der Waals surface area contributed by atoms with E-state index in [1.807, 2.05) is 0 Å². The highest BCUT2D eigenvalue weighted by Gasteiger charge is 2.67. The van der Waals surface area contributed by atoms with Gasteiger partial charge in [0.05, 0.1) is 18.0 Å². The van der Waals surface area contributed by atoms with E-state index in [4.69, 9.17) is 10.5 Å². The third-order valence-electron chi connectivity index (χ3n) is 4.17. The number of alkyl halides is 2. The van der Waals surface area contributed by atoms with E-state index in [0.717, 1.165) is 17.9 Å². The summed E-state index contributed by atoms with van der Waals surface area (Å²) in [6, 6.07) is 0. The van der Waals surface area contributed by atoms with Gasteiger partial charge in [-0.05, 0) is 25.2 Å². The van der Waals surface area contributed by atoms with Crippen LogP contribution in [0.25, 0.3) is 0 Å². The smallest absolute Gasteiger partial charge is 0.327 e. The van der Waals surface area contributed by atoms with Gasteiger partial charge in [-0.1, -0.05) is 0 Å². The molecule has 3 fully saturated rings. The zero-order chi connectivity index (χ0) is 15.9. The van der Waals surface area contributed by atoms with Gasteiger partial charge in [-0.2, -0.15) is 0 Å². The van der Waals surface area contributed by atoms with Gasteiger partial charge in [-0.25, -0.2) is 8.78 Å².